The average molecular weight is 1740 g/mol. The smallest absolute Gasteiger partial charge is 0.00263 e. The molecule has 0 saturated carbocycles. The van der Waals surface area contributed by atoms with E-state index in [4.69, 9.17) is 0 Å². The summed E-state index contributed by atoms with van der Waals surface area (Å²) in [6.45, 7) is 33.1. The second kappa shape index (κ2) is 37.7. The van der Waals surface area contributed by atoms with Gasteiger partial charge in [0.15, 0.2) is 0 Å². The molecule has 23 aromatic rings. The number of hydrogen-bond acceptors (Lipinski definition) is 0. The van der Waals surface area contributed by atoms with Gasteiger partial charge in [-0.1, -0.05) is 498 Å². The third-order valence-electron chi connectivity index (χ3n) is 27.1. The molecule has 23 rings (SSSR count). The van der Waals surface area contributed by atoms with Crippen LogP contribution >= 0.6 is 0 Å². The molecule has 0 aliphatic carbocycles. The van der Waals surface area contributed by atoms with Crippen molar-refractivity contribution < 1.29 is 0 Å². The van der Waals surface area contributed by atoms with Crippen LogP contribution in [0.1, 0.15) is 103 Å². The summed E-state index contributed by atoms with van der Waals surface area (Å²) in [6, 6.07) is 158. The van der Waals surface area contributed by atoms with Crippen molar-refractivity contribution in [3.63, 3.8) is 0 Å². The molecule has 0 amide bonds. The number of fused-ring (bicyclic) bond motifs is 10. The predicted molar refractivity (Wildman–Crippen MR) is 591 cm³/mol. The van der Waals surface area contributed by atoms with Gasteiger partial charge in [-0.2, -0.15) is 0 Å². The van der Waals surface area contributed by atoms with Gasteiger partial charge in [0.2, 0.25) is 0 Å². The van der Waals surface area contributed by atoms with E-state index in [1.807, 2.05) is 0 Å². The summed E-state index contributed by atoms with van der Waals surface area (Å²) in [5, 5.41) is 26.3. The molecule has 0 radical (unpaired) electrons. The number of rotatable bonds is 8. The first-order valence-corrected chi connectivity index (χ1v) is 47.7. The monoisotopic (exact) mass is 1740 g/mol. The van der Waals surface area contributed by atoms with Gasteiger partial charge in [0.05, 0.1) is 0 Å². The first-order valence-electron chi connectivity index (χ1n) is 47.7. The van der Waals surface area contributed by atoms with Crippen LogP contribution in [-0.2, 0) is 10.8 Å². The minimum absolute atomic E-state index is 0.0945. The molecule has 0 bridgehead atoms. The predicted octanol–water partition coefficient (Wildman–Crippen LogP) is 38.7. The van der Waals surface area contributed by atoms with E-state index in [9.17, 15) is 0 Å². The van der Waals surface area contributed by atoms with Crippen molar-refractivity contribution in [2.75, 3.05) is 0 Å². The number of hydrogen-bond donors (Lipinski definition) is 0. The molecule has 0 nitrogen and oxygen atoms in total. The fourth-order valence-electron chi connectivity index (χ4n) is 20.0. The molecule has 0 aromatic heterocycles. The molecular weight excluding hydrogens is 1620 g/mol. The Labute approximate surface area is 797 Å². The van der Waals surface area contributed by atoms with E-state index in [-0.39, 0.29) is 10.8 Å². The van der Waals surface area contributed by atoms with Gasteiger partial charge in [0, 0.05) is 0 Å². The van der Waals surface area contributed by atoms with Crippen molar-refractivity contribution in [3.8, 4) is 89.0 Å². The maximum atomic E-state index is 2.42. The summed E-state index contributed by atoms with van der Waals surface area (Å²) in [6.07, 6.45) is 0. The van der Waals surface area contributed by atoms with Gasteiger partial charge in [0.25, 0.3) is 0 Å². The Morgan fingerprint density at radius 1 is 0.119 bits per heavy atom. The van der Waals surface area contributed by atoms with Crippen molar-refractivity contribution in [3.05, 3.63) is 492 Å². The van der Waals surface area contributed by atoms with Crippen LogP contribution < -0.4 is 0 Å². The van der Waals surface area contributed by atoms with Gasteiger partial charge >= 0.3 is 0 Å². The molecule has 656 valence electrons. The molecular formula is C135H116. The SMILES string of the molecule is Cc1ccc(-c2c3ccc(C)cc3c(-c3ccccc3)c3ccc(C)cc23)cc1.Cc1ccc(-c2c3ccccc3c(-c3ccccc3)c3ccc(C(C)(C)C)cc23)cc1.Cc1ccc(-c2c3ccccc3c(-c3ccccc3)c3ccc(C)cc23)cc1.Cc1ccc(-c2c3ccccc3cc3ccc(C(C)(C)C)cc23)cc1.Cc1ccc(-c2c3ccccc3cc3ccc(C)cc23)cc1. The van der Waals surface area contributed by atoms with Gasteiger partial charge in [0.1, 0.15) is 0 Å². The quantitative estimate of drug-likeness (QED) is 0.133. The van der Waals surface area contributed by atoms with Crippen LogP contribution in [0, 0.1) is 62.3 Å². The molecule has 0 heteroatoms. The van der Waals surface area contributed by atoms with Gasteiger partial charge < -0.3 is 0 Å². The molecule has 0 aliphatic heterocycles. The zero-order valence-electron chi connectivity index (χ0n) is 80.5. The normalized spacial score (nSPS) is 11.5. The molecule has 0 N–H and O–H groups in total. The Morgan fingerprint density at radius 2 is 0.296 bits per heavy atom. The Balaban J connectivity index is 0.000000109. The highest BCUT2D eigenvalue weighted by Crippen LogP contribution is 2.50. The number of benzene rings is 23. The van der Waals surface area contributed by atoms with Crippen molar-refractivity contribution in [2.45, 2.75) is 115 Å². The summed E-state index contributed by atoms with van der Waals surface area (Å²) in [5.41, 5.74) is 35.5. The summed E-state index contributed by atoms with van der Waals surface area (Å²) in [4.78, 5) is 0. The minimum Gasteiger partial charge on any atom is -0.0622 e. The third-order valence-corrected chi connectivity index (χ3v) is 27.1. The lowest BCUT2D eigenvalue weighted by atomic mass is 9.81. The molecule has 0 saturated heterocycles. The minimum atomic E-state index is 0.0945. The molecule has 0 atom stereocenters. The molecule has 135 heavy (non-hydrogen) atoms. The van der Waals surface area contributed by atoms with Crippen molar-refractivity contribution in [1.82, 2.24) is 0 Å². The van der Waals surface area contributed by atoms with E-state index in [2.05, 4.69) is 535 Å². The zero-order chi connectivity index (χ0) is 93.3. The van der Waals surface area contributed by atoms with Crippen molar-refractivity contribution in [2.24, 2.45) is 0 Å². The number of aryl methyl sites for hydroxylation is 9. The zero-order valence-corrected chi connectivity index (χ0v) is 80.5. The third kappa shape index (κ3) is 18.3. The molecule has 0 aliphatic rings. The maximum absolute atomic E-state index is 2.42. The van der Waals surface area contributed by atoms with Crippen LogP contribution in [0.3, 0.4) is 0 Å². The molecule has 0 spiro atoms. The Kier molecular flexibility index (Phi) is 24.8. The van der Waals surface area contributed by atoms with E-state index in [1.165, 1.54) is 258 Å². The summed E-state index contributed by atoms with van der Waals surface area (Å²) in [7, 11) is 0. The summed E-state index contributed by atoms with van der Waals surface area (Å²) >= 11 is 0. The van der Waals surface area contributed by atoms with Crippen LogP contribution in [0.15, 0.2) is 431 Å². The molecule has 0 unspecified atom stereocenters. The average Bonchev–Trinajstić information content (AvgIpc) is 0.733. The van der Waals surface area contributed by atoms with E-state index < -0.39 is 0 Å². The Morgan fingerprint density at radius 3 is 0.593 bits per heavy atom. The van der Waals surface area contributed by atoms with Crippen LogP contribution in [0.25, 0.3) is 197 Å². The first kappa shape index (κ1) is 88.9. The lowest BCUT2D eigenvalue weighted by Crippen LogP contribution is -2.10. The second-order valence-corrected chi connectivity index (χ2v) is 39.3. The van der Waals surface area contributed by atoms with Gasteiger partial charge in [-0.15, -0.1) is 0 Å². The topological polar surface area (TPSA) is 0 Å². The van der Waals surface area contributed by atoms with Crippen LogP contribution in [-0.4, -0.2) is 0 Å². The standard InChI is InChI=1S/C31H28.C29H24.C28H22.C25H24.C22H18/c1-21-14-16-23(17-15-21)30-26-13-9-8-12-25(26)29(22-10-6-5-7-11-22)27-19-18-24(20-28(27)30)31(2,3)4;1-19-9-13-23(14-10-19)29-25-16-12-20(2)17-26(25)28(22-7-5-4-6-8-22)24-15-11-21(3)18-27(24)29;1-19-12-15-22(16-13-19)28-24-11-7-6-10-23(24)27(21-8-4-3-5-9-21)25-17-14-20(2)18-26(25)28;1-17-9-11-18(12-10-17)24-22-8-6-5-7-19(22)15-20-13-14-21(16-23(20)24)25(2,3)4;1-15-7-10-17(11-8-15)22-20-6-4-3-5-18(20)14-19-12-9-16(2)13-21(19)22/h5-20H,1-4H3;4-18H,1-3H3;3-18H,1-2H3;5-16H,1-4H3;3-14H,1-2H3. The summed E-state index contributed by atoms with van der Waals surface area (Å²) in [5.74, 6) is 0. The van der Waals surface area contributed by atoms with Crippen LogP contribution in [0.4, 0.5) is 0 Å². The summed E-state index contributed by atoms with van der Waals surface area (Å²) < 4.78 is 0. The molecule has 23 aromatic carbocycles. The van der Waals surface area contributed by atoms with Gasteiger partial charge in [-0.25, -0.2) is 0 Å². The van der Waals surface area contributed by atoms with E-state index in [0.717, 1.165) is 0 Å². The van der Waals surface area contributed by atoms with Crippen LogP contribution in [0.2, 0.25) is 0 Å². The fraction of sp³-hybridized carbons (Fsp3) is 0.126. The second-order valence-electron chi connectivity index (χ2n) is 39.3. The van der Waals surface area contributed by atoms with E-state index >= 15 is 0 Å². The molecule has 0 fully saturated rings. The Bertz CT molecular complexity index is 8350. The highest BCUT2D eigenvalue weighted by molar-refractivity contribution is 6.25. The Hall–Kier alpha value is -15.3. The van der Waals surface area contributed by atoms with Crippen molar-refractivity contribution in [1.29, 1.82) is 0 Å². The van der Waals surface area contributed by atoms with E-state index in [0.29, 0.717) is 0 Å². The molecule has 0 heterocycles. The van der Waals surface area contributed by atoms with Crippen molar-refractivity contribution >= 4 is 108 Å². The first-order chi connectivity index (χ1) is 65.4. The lowest BCUT2D eigenvalue weighted by molar-refractivity contribution is 0.591. The lowest BCUT2D eigenvalue weighted by Gasteiger charge is -2.23. The highest BCUT2D eigenvalue weighted by Gasteiger charge is 2.25. The maximum Gasteiger partial charge on any atom is -0.00263 e. The van der Waals surface area contributed by atoms with Gasteiger partial charge in [-0.05, 0) is 305 Å². The fourth-order valence-corrected chi connectivity index (χ4v) is 20.0. The van der Waals surface area contributed by atoms with Crippen LogP contribution in [0.5, 0.6) is 0 Å². The largest absolute Gasteiger partial charge is 0.0622 e. The van der Waals surface area contributed by atoms with Gasteiger partial charge in [-0.3, -0.25) is 0 Å². The highest BCUT2D eigenvalue weighted by atomic mass is 14.3. The van der Waals surface area contributed by atoms with E-state index in [1.54, 1.807) is 0 Å².